The number of rotatable bonds is 21. The van der Waals surface area contributed by atoms with Crippen molar-refractivity contribution >= 4 is 23.8 Å². The molecule has 230 valence electrons. The Hall–Kier alpha value is -3.68. The summed E-state index contributed by atoms with van der Waals surface area (Å²) in [6, 6.07) is 19.6. The first-order chi connectivity index (χ1) is 20.4. The number of unbranched alkanes of at least 4 members (excludes halogenated alkanes) is 5. The van der Waals surface area contributed by atoms with Crippen LogP contribution < -0.4 is 0 Å². The first-order valence-electron chi connectivity index (χ1n) is 15.4. The third-order valence-electron chi connectivity index (χ3n) is 6.95. The van der Waals surface area contributed by atoms with Gasteiger partial charge >= 0.3 is 11.9 Å². The van der Waals surface area contributed by atoms with Crippen LogP contribution in [0.1, 0.15) is 89.2 Å². The lowest BCUT2D eigenvalue weighted by atomic mass is 10.1. The molecule has 0 heterocycles. The summed E-state index contributed by atoms with van der Waals surface area (Å²) in [7, 11) is 0. The van der Waals surface area contributed by atoms with Crippen molar-refractivity contribution in [1.82, 2.24) is 9.80 Å². The Morgan fingerprint density at radius 1 is 0.524 bits per heavy atom. The Labute approximate surface area is 251 Å². The second-order valence-electron chi connectivity index (χ2n) is 10.3. The van der Waals surface area contributed by atoms with Crippen LogP contribution in [0.3, 0.4) is 0 Å². The molecule has 2 aromatic rings. The van der Waals surface area contributed by atoms with Crippen LogP contribution in [-0.2, 0) is 41.7 Å². The molecule has 0 fully saturated rings. The average molecular weight is 581 g/mol. The summed E-state index contributed by atoms with van der Waals surface area (Å²) in [5.41, 5.74) is 2.07. The average Bonchev–Trinajstić information content (AvgIpc) is 2.99. The van der Waals surface area contributed by atoms with Crippen molar-refractivity contribution in [2.45, 2.75) is 91.1 Å². The predicted octanol–water partition coefficient (Wildman–Crippen LogP) is 6.07. The van der Waals surface area contributed by atoms with Gasteiger partial charge in [-0.25, -0.2) is 0 Å². The van der Waals surface area contributed by atoms with Gasteiger partial charge in [0.15, 0.2) is 0 Å². The second kappa shape index (κ2) is 21.1. The summed E-state index contributed by atoms with van der Waals surface area (Å²) in [6.07, 6.45) is 6.74. The Kier molecular flexibility index (Phi) is 17.3. The number of nitrogens with zero attached hydrogens (tertiary/aromatic N) is 2. The normalized spacial score (nSPS) is 10.6. The first kappa shape index (κ1) is 34.5. The minimum Gasteiger partial charge on any atom is -0.466 e. The third-order valence-corrected chi connectivity index (χ3v) is 6.95. The zero-order valence-electron chi connectivity index (χ0n) is 25.4. The maximum atomic E-state index is 13.0. The van der Waals surface area contributed by atoms with Crippen molar-refractivity contribution in [2.75, 3.05) is 26.3 Å². The molecule has 0 radical (unpaired) electrons. The molecule has 8 heteroatoms. The molecule has 0 saturated carbocycles. The Bertz CT molecular complexity index is 975. The van der Waals surface area contributed by atoms with Gasteiger partial charge in [-0.15, -0.1) is 0 Å². The topological polar surface area (TPSA) is 93.2 Å². The van der Waals surface area contributed by atoms with E-state index in [2.05, 4.69) is 0 Å². The van der Waals surface area contributed by atoms with Crippen molar-refractivity contribution in [1.29, 1.82) is 0 Å². The molecule has 0 saturated heterocycles. The summed E-state index contributed by atoms with van der Waals surface area (Å²) in [4.78, 5) is 53.1. The largest absolute Gasteiger partial charge is 0.466 e. The van der Waals surface area contributed by atoms with Crippen LogP contribution in [0.15, 0.2) is 60.7 Å². The van der Waals surface area contributed by atoms with E-state index < -0.39 is 0 Å². The maximum absolute atomic E-state index is 13.0. The fourth-order valence-corrected chi connectivity index (χ4v) is 4.69. The zero-order valence-corrected chi connectivity index (χ0v) is 25.4. The van der Waals surface area contributed by atoms with Crippen molar-refractivity contribution < 1.29 is 28.7 Å². The molecule has 0 aliphatic heterocycles. The lowest BCUT2D eigenvalue weighted by Gasteiger charge is -2.23. The van der Waals surface area contributed by atoms with E-state index in [0.29, 0.717) is 52.2 Å². The Balaban J connectivity index is 1.70. The van der Waals surface area contributed by atoms with Gasteiger partial charge in [0.05, 0.1) is 26.1 Å². The molecule has 0 atom stereocenters. The van der Waals surface area contributed by atoms with Gasteiger partial charge in [-0.3, -0.25) is 19.2 Å². The second-order valence-corrected chi connectivity index (χ2v) is 10.3. The molecule has 0 bridgehead atoms. The number of esters is 2. The highest BCUT2D eigenvalue weighted by molar-refractivity contribution is 5.78. The van der Waals surface area contributed by atoms with E-state index in [1.54, 1.807) is 23.6 Å². The smallest absolute Gasteiger partial charge is 0.307 e. The molecule has 2 amide bonds. The highest BCUT2D eigenvalue weighted by Crippen LogP contribution is 2.14. The molecule has 0 N–H and O–H groups in total. The standard InChI is InChI=1S/C34H48N2O6/c1-3-41-33(39)23-25-35(27-29-17-11-9-12-18-29)31(37)21-15-7-5-6-8-16-22-32(38)36(26-24-34(40)42-4-2)28-30-19-13-10-14-20-30/h9-14,17-20H,3-8,15-16,21-28H2,1-2H3. The van der Waals surface area contributed by atoms with Crippen LogP contribution in [0, 0.1) is 0 Å². The minimum atomic E-state index is -0.288. The maximum Gasteiger partial charge on any atom is 0.307 e. The molecule has 2 aromatic carbocycles. The van der Waals surface area contributed by atoms with E-state index in [1.165, 1.54) is 0 Å². The predicted molar refractivity (Wildman–Crippen MR) is 163 cm³/mol. The van der Waals surface area contributed by atoms with Gasteiger partial charge < -0.3 is 19.3 Å². The fourth-order valence-electron chi connectivity index (χ4n) is 4.69. The van der Waals surface area contributed by atoms with Crippen molar-refractivity contribution in [2.24, 2.45) is 0 Å². The van der Waals surface area contributed by atoms with Gasteiger partial charge in [-0.1, -0.05) is 86.3 Å². The Morgan fingerprint density at radius 3 is 1.24 bits per heavy atom. The van der Waals surface area contributed by atoms with E-state index in [1.807, 2.05) is 60.7 Å². The van der Waals surface area contributed by atoms with Crippen molar-refractivity contribution in [3.63, 3.8) is 0 Å². The van der Waals surface area contributed by atoms with Gasteiger partial charge in [0.25, 0.3) is 0 Å². The van der Waals surface area contributed by atoms with E-state index in [-0.39, 0.29) is 36.6 Å². The Morgan fingerprint density at radius 2 is 0.881 bits per heavy atom. The first-order valence-corrected chi connectivity index (χ1v) is 15.4. The minimum absolute atomic E-state index is 0.0510. The van der Waals surface area contributed by atoms with Gasteiger partial charge in [0.2, 0.25) is 11.8 Å². The van der Waals surface area contributed by atoms with Gasteiger partial charge in [-0.2, -0.15) is 0 Å². The van der Waals surface area contributed by atoms with Crippen LogP contribution in [0.25, 0.3) is 0 Å². The summed E-state index contributed by atoms with van der Waals surface area (Å²) in [6.45, 7) is 5.88. The number of hydrogen-bond donors (Lipinski definition) is 0. The summed E-state index contributed by atoms with van der Waals surface area (Å²) in [5, 5.41) is 0. The highest BCUT2D eigenvalue weighted by atomic mass is 16.5. The molecule has 8 nitrogen and oxygen atoms in total. The number of amides is 2. The van der Waals surface area contributed by atoms with Crippen LogP contribution in [0.4, 0.5) is 0 Å². The van der Waals surface area contributed by atoms with Crippen molar-refractivity contribution in [3.8, 4) is 0 Å². The van der Waals surface area contributed by atoms with E-state index in [4.69, 9.17) is 9.47 Å². The van der Waals surface area contributed by atoms with Crippen LogP contribution >= 0.6 is 0 Å². The molecule has 0 spiro atoms. The lowest BCUT2D eigenvalue weighted by Crippen LogP contribution is -2.32. The summed E-state index contributed by atoms with van der Waals surface area (Å²) in [5.74, 6) is -0.474. The lowest BCUT2D eigenvalue weighted by molar-refractivity contribution is -0.145. The van der Waals surface area contributed by atoms with Crippen molar-refractivity contribution in [3.05, 3.63) is 71.8 Å². The van der Waals surface area contributed by atoms with Gasteiger partial charge in [0.1, 0.15) is 0 Å². The molecule has 0 unspecified atom stereocenters. The summed E-state index contributed by atoms with van der Waals surface area (Å²) >= 11 is 0. The number of benzene rings is 2. The molecule has 0 aromatic heterocycles. The monoisotopic (exact) mass is 580 g/mol. The molecular formula is C34H48N2O6. The summed E-state index contributed by atoms with van der Waals surface area (Å²) < 4.78 is 10.1. The van der Waals surface area contributed by atoms with Gasteiger partial charge in [0, 0.05) is 39.0 Å². The highest BCUT2D eigenvalue weighted by Gasteiger charge is 2.17. The van der Waals surface area contributed by atoms with E-state index in [9.17, 15) is 19.2 Å². The fraction of sp³-hybridized carbons (Fsp3) is 0.529. The van der Waals surface area contributed by atoms with E-state index >= 15 is 0 Å². The van der Waals surface area contributed by atoms with Gasteiger partial charge in [-0.05, 0) is 37.8 Å². The van der Waals surface area contributed by atoms with Crippen LogP contribution in [0.2, 0.25) is 0 Å². The number of hydrogen-bond acceptors (Lipinski definition) is 6. The molecule has 0 aliphatic rings. The number of ether oxygens (including phenoxy) is 2. The van der Waals surface area contributed by atoms with Crippen LogP contribution in [0.5, 0.6) is 0 Å². The molecule has 42 heavy (non-hydrogen) atoms. The zero-order chi connectivity index (χ0) is 30.4. The molecular weight excluding hydrogens is 532 g/mol. The van der Waals surface area contributed by atoms with Crippen LogP contribution in [-0.4, -0.2) is 59.9 Å². The quantitative estimate of drug-likeness (QED) is 0.131. The molecule has 0 aliphatic carbocycles. The van der Waals surface area contributed by atoms with E-state index in [0.717, 1.165) is 49.7 Å². The third kappa shape index (κ3) is 14.8. The number of carbonyl (C=O) groups excluding carboxylic acids is 4. The molecule has 2 rings (SSSR count). The SMILES string of the molecule is CCOC(=O)CCN(Cc1ccccc1)C(=O)CCCCCCCCC(=O)N(CCC(=O)OCC)Cc1ccccc1. The number of carbonyl (C=O) groups is 4.